The van der Waals surface area contributed by atoms with Gasteiger partial charge in [0, 0.05) is 17.2 Å². The molecule has 0 atom stereocenters. The summed E-state index contributed by atoms with van der Waals surface area (Å²) in [5, 5.41) is 3.40. The molecule has 0 bridgehead atoms. The van der Waals surface area contributed by atoms with Crippen LogP contribution in [0, 0.1) is 6.92 Å². The number of carbonyl (C=O) groups is 1. The van der Waals surface area contributed by atoms with Gasteiger partial charge in [-0.1, -0.05) is 43.9 Å². The molecule has 0 radical (unpaired) electrons. The van der Waals surface area contributed by atoms with Gasteiger partial charge in [-0.05, 0) is 48.7 Å². The lowest BCUT2D eigenvalue weighted by molar-refractivity contribution is -0.111. The molecule has 0 unspecified atom stereocenters. The molecule has 2 aromatic rings. The van der Waals surface area contributed by atoms with Crippen LogP contribution in [0.1, 0.15) is 43.7 Å². The number of anilines is 1. The molecular weight excluding hydrogens is 402 g/mol. The number of aryl methyl sites for hydroxylation is 1. The van der Waals surface area contributed by atoms with Gasteiger partial charge in [-0.25, -0.2) is 0 Å². The average molecular weight is 432 g/mol. The molecule has 0 aliphatic rings. The maximum absolute atomic E-state index is 12.4. The third-order valence-corrected chi connectivity index (χ3v) is 5.02. The second-order valence-corrected chi connectivity index (χ2v) is 7.35. The van der Waals surface area contributed by atoms with E-state index in [-0.39, 0.29) is 5.91 Å². The SMILES string of the molecule is CCCCCCOc1ccc(/C=C/C(=O)Nc2cc(C)c(Cl)cc2OC)cc1OC. The number of hydrogen-bond acceptors (Lipinski definition) is 4. The predicted molar refractivity (Wildman–Crippen MR) is 123 cm³/mol. The topological polar surface area (TPSA) is 56.8 Å². The van der Waals surface area contributed by atoms with Crippen molar-refractivity contribution in [2.75, 3.05) is 26.1 Å². The number of unbranched alkanes of at least 4 members (excludes halogenated alkanes) is 3. The Balaban J connectivity index is 2.01. The Kier molecular flexibility index (Phi) is 9.55. The van der Waals surface area contributed by atoms with Gasteiger partial charge in [0.1, 0.15) is 5.75 Å². The highest BCUT2D eigenvalue weighted by Gasteiger charge is 2.09. The highest BCUT2D eigenvalue weighted by atomic mass is 35.5. The standard InChI is InChI=1S/C24H30ClNO4/c1-5-6-7-8-13-30-21-11-9-18(15-23(21)29-4)10-12-24(27)26-20-14-17(2)19(25)16-22(20)28-3/h9-12,14-16H,5-8,13H2,1-4H3,(H,26,27)/b12-10+. The summed E-state index contributed by atoms with van der Waals surface area (Å²) in [6.07, 6.45) is 7.77. The minimum Gasteiger partial charge on any atom is -0.495 e. The Hall–Kier alpha value is -2.66. The first-order valence-electron chi connectivity index (χ1n) is 10.1. The molecule has 0 spiro atoms. The molecule has 0 aliphatic heterocycles. The van der Waals surface area contributed by atoms with E-state index in [1.165, 1.54) is 26.0 Å². The van der Waals surface area contributed by atoms with Crippen LogP contribution in [0.25, 0.3) is 6.08 Å². The second kappa shape index (κ2) is 12.1. The second-order valence-electron chi connectivity index (χ2n) is 6.94. The molecule has 1 N–H and O–H groups in total. The van der Waals surface area contributed by atoms with Crippen molar-refractivity contribution in [3.8, 4) is 17.2 Å². The maximum atomic E-state index is 12.4. The summed E-state index contributed by atoms with van der Waals surface area (Å²) in [7, 11) is 3.14. The van der Waals surface area contributed by atoms with Crippen molar-refractivity contribution >= 4 is 29.3 Å². The van der Waals surface area contributed by atoms with Crippen molar-refractivity contribution in [1.82, 2.24) is 0 Å². The third kappa shape index (κ3) is 6.99. The number of methoxy groups -OCH3 is 2. The number of rotatable bonds is 11. The summed E-state index contributed by atoms with van der Waals surface area (Å²) in [6.45, 7) is 4.71. The van der Waals surface area contributed by atoms with Crippen LogP contribution >= 0.6 is 11.6 Å². The quantitative estimate of drug-likeness (QED) is 0.336. The van der Waals surface area contributed by atoms with Crippen LogP contribution in [0.2, 0.25) is 5.02 Å². The summed E-state index contributed by atoms with van der Waals surface area (Å²) in [5.41, 5.74) is 2.25. The lowest BCUT2D eigenvalue weighted by Gasteiger charge is -2.12. The van der Waals surface area contributed by atoms with Gasteiger partial charge in [0.05, 0.1) is 26.5 Å². The largest absolute Gasteiger partial charge is 0.495 e. The number of ether oxygens (including phenoxy) is 3. The van der Waals surface area contributed by atoms with Crippen molar-refractivity contribution in [3.05, 3.63) is 52.6 Å². The van der Waals surface area contributed by atoms with Crippen LogP contribution in [-0.2, 0) is 4.79 Å². The highest BCUT2D eigenvalue weighted by molar-refractivity contribution is 6.31. The van der Waals surface area contributed by atoms with E-state index in [4.69, 9.17) is 25.8 Å². The number of nitrogens with one attached hydrogen (secondary N) is 1. The van der Waals surface area contributed by atoms with Crippen molar-refractivity contribution in [2.24, 2.45) is 0 Å². The van der Waals surface area contributed by atoms with Crippen LogP contribution in [0.4, 0.5) is 5.69 Å². The Morgan fingerprint density at radius 1 is 1.03 bits per heavy atom. The van der Waals surface area contributed by atoms with Crippen molar-refractivity contribution in [2.45, 2.75) is 39.5 Å². The summed E-state index contributed by atoms with van der Waals surface area (Å²) < 4.78 is 16.5. The Bertz CT molecular complexity index is 880. The maximum Gasteiger partial charge on any atom is 0.248 e. The molecule has 0 saturated carbocycles. The van der Waals surface area contributed by atoms with Gasteiger partial charge in [-0.3, -0.25) is 4.79 Å². The summed E-state index contributed by atoms with van der Waals surface area (Å²) in [6, 6.07) is 9.06. The first-order chi connectivity index (χ1) is 14.5. The number of benzene rings is 2. The number of carbonyl (C=O) groups excluding carboxylic acids is 1. The summed E-state index contributed by atoms with van der Waals surface area (Å²) in [4.78, 5) is 12.4. The zero-order chi connectivity index (χ0) is 21.9. The summed E-state index contributed by atoms with van der Waals surface area (Å²) in [5.74, 6) is 1.58. The summed E-state index contributed by atoms with van der Waals surface area (Å²) >= 11 is 6.11. The first-order valence-corrected chi connectivity index (χ1v) is 10.5. The van der Waals surface area contributed by atoms with E-state index in [0.29, 0.717) is 34.6 Å². The van der Waals surface area contributed by atoms with Crippen LogP contribution < -0.4 is 19.5 Å². The van der Waals surface area contributed by atoms with E-state index in [1.54, 1.807) is 25.3 Å². The monoisotopic (exact) mass is 431 g/mol. The van der Waals surface area contributed by atoms with E-state index >= 15 is 0 Å². The van der Waals surface area contributed by atoms with Crippen LogP contribution in [0.15, 0.2) is 36.4 Å². The molecule has 2 rings (SSSR count). The molecule has 30 heavy (non-hydrogen) atoms. The van der Waals surface area contributed by atoms with Crippen molar-refractivity contribution in [3.63, 3.8) is 0 Å². The minimum atomic E-state index is -0.273. The number of halogens is 1. The molecule has 162 valence electrons. The van der Waals surface area contributed by atoms with Crippen molar-refractivity contribution < 1.29 is 19.0 Å². The van der Waals surface area contributed by atoms with E-state index in [2.05, 4.69) is 12.2 Å². The van der Waals surface area contributed by atoms with Crippen LogP contribution in [0.5, 0.6) is 17.2 Å². The van der Waals surface area contributed by atoms with Gasteiger partial charge in [0.2, 0.25) is 5.91 Å². The van der Waals surface area contributed by atoms with Gasteiger partial charge >= 0.3 is 0 Å². The molecule has 0 heterocycles. The Morgan fingerprint density at radius 2 is 1.80 bits per heavy atom. The molecule has 0 fully saturated rings. The molecule has 0 saturated heterocycles. The normalized spacial score (nSPS) is 10.8. The molecule has 6 heteroatoms. The lowest BCUT2D eigenvalue weighted by atomic mass is 10.1. The fourth-order valence-electron chi connectivity index (χ4n) is 2.89. The zero-order valence-corrected chi connectivity index (χ0v) is 18.8. The average Bonchev–Trinajstić information content (AvgIpc) is 2.74. The first kappa shape index (κ1) is 23.6. The molecular formula is C24H30ClNO4. The molecule has 5 nitrogen and oxygen atoms in total. The fraction of sp³-hybridized carbons (Fsp3) is 0.375. The van der Waals surface area contributed by atoms with E-state index in [1.807, 2.05) is 25.1 Å². The van der Waals surface area contributed by atoms with Gasteiger partial charge in [0.15, 0.2) is 11.5 Å². The lowest BCUT2D eigenvalue weighted by Crippen LogP contribution is -2.09. The van der Waals surface area contributed by atoms with Crippen LogP contribution in [-0.4, -0.2) is 26.7 Å². The molecule has 0 aromatic heterocycles. The molecule has 2 aromatic carbocycles. The van der Waals surface area contributed by atoms with E-state index in [0.717, 1.165) is 24.0 Å². The zero-order valence-electron chi connectivity index (χ0n) is 18.1. The van der Waals surface area contributed by atoms with Gasteiger partial charge in [-0.2, -0.15) is 0 Å². The van der Waals surface area contributed by atoms with Crippen molar-refractivity contribution in [1.29, 1.82) is 0 Å². The fourth-order valence-corrected chi connectivity index (χ4v) is 3.05. The number of amides is 1. The smallest absolute Gasteiger partial charge is 0.248 e. The third-order valence-electron chi connectivity index (χ3n) is 4.61. The minimum absolute atomic E-state index is 0.273. The van der Waals surface area contributed by atoms with E-state index < -0.39 is 0 Å². The van der Waals surface area contributed by atoms with E-state index in [9.17, 15) is 4.79 Å². The molecule has 1 amide bonds. The molecule has 0 aliphatic carbocycles. The highest BCUT2D eigenvalue weighted by Crippen LogP contribution is 2.31. The Morgan fingerprint density at radius 3 is 2.50 bits per heavy atom. The number of hydrogen-bond donors (Lipinski definition) is 1. The van der Waals surface area contributed by atoms with Crippen LogP contribution in [0.3, 0.4) is 0 Å². The van der Waals surface area contributed by atoms with Gasteiger partial charge < -0.3 is 19.5 Å². The van der Waals surface area contributed by atoms with Gasteiger partial charge in [0.25, 0.3) is 0 Å². The van der Waals surface area contributed by atoms with Gasteiger partial charge in [-0.15, -0.1) is 0 Å². The Labute approximate surface area is 184 Å². The predicted octanol–water partition coefficient (Wildman–Crippen LogP) is 6.28.